The first-order valence-corrected chi connectivity index (χ1v) is 7.44. The fraction of sp³-hybridized carbons (Fsp3) is 0.462. The number of nitriles is 1. The summed E-state index contributed by atoms with van der Waals surface area (Å²) in [6.07, 6.45) is 1.20. The second-order valence-electron chi connectivity index (χ2n) is 4.06. The molecule has 0 amide bonds. The minimum Gasteiger partial charge on any atom is -0.272 e. The number of nitrogens with zero attached hydrogens (tertiary/aromatic N) is 2. The summed E-state index contributed by atoms with van der Waals surface area (Å²) in [6, 6.07) is 9.16. The second kappa shape index (κ2) is 5.87. The van der Waals surface area contributed by atoms with Gasteiger partial charge in [-0.3, -0.25) is 4.31 Å². The van der Waals surface area contributed by atoms with E-state index in [1.807, 2.05) is 25.1 Å². The molecular weight excluding hydrogens is 248 g/mol. The highest BCUT2D eigenvalue weighted by Gasteiger charge is 2.28. The van der Waals surface area contributed by atoms with Crippen LogP contribution in [0.25, 0.3) is 0 Å². The molecule has 0 aliphatic rings. The van der Waals surface area contributed by atoms with Gasteiger partial charge in [-0.05, 0) is 30.5 Å². The molecule has 0 spiro atoms. The van der Waals surface area contributed by atoms with E-state index >= 15 is 0 Å². The number of hydrogen-bond acceptors (Lipinski definition) is 3. The molecule has 1 aromatic carbocycles. The van der Waals surface area contributed by atoms with Crippen molar-refractivity contribution < 1.29 is 8.42 Å². The van der Waals surface area contributed by atoms with E-state index in [9.17, 15) is 8.42 Å². The van der Waals surface area contributed by atoms with Crippen LogP contribution in [0.2, 0.25) is 0 Å². The summed E-state index contributed by atoms with van der Waals surface area (Å²) >= 11 is 0. The molecule has 4 nitrogen and oxygen atoms in total. The molecule has 0 fully saturated rings. The zero-order valence-corrected chi connectivity index (χ0v) is 11.7. The lowest BCUT2D eigenvalue weighted by Crippen LogP contribution is -2.35. The number of sulfonamides is 1. The normalized spacial score (nSPS) is 12.8. The van der Waals surface area contributed by atoms with Crippen molar-refractivity contribution in [1.82, 2.24) is 0 Å². The van der Waals surface area contributed by atoms with Gasteiger partial charge in [0.05, 0.1) is 11.8 Å². The van der Waals surface area contributed by atoms with Crippen molar-refractivity contribution in [3.8, 4) is 6.07 Å². The van der Waals surface area contributed by atoms with Crippen molar-refractivity contribution in [2.45, 2.75) is 31.9 Å². The number of hydrogen-bond donors (Lipinski definition) is 0. The molecule has 5 heteroatoms. The topological polar surface area (TPSA) is 61.2 Å². The summed E-state index contributed by atoms with van der Waals surface area (Å²) in [5.41, 5.74) is 1.73. The quantitative estimate of drug-likeness (QED) is 0.821. The standard InChI is InChI=1S/C13H18N2O2S/c1-4-11-6-8-12(9-7-11)15(3)18(16,17)13(5-2)10-14/h6-9,13H,4-5H2,1-3H3. The fourth-order valence-electron chi connectivity index (χ4n) is 1.65. The molecule has 0 aliphatic heterocycles. The Morgan fingerprint density at radius 2 is 1.83 bits per heavy atom. The van der Waals surface area contributed by atoms with E-state index in [-0.39, 0.29) is 6.42 Å². The van der Waals surface area contributed by atoms with Crippen molar-refractivity contribution in [3.05, 3.63) is 29.8 Å². The lowest BCUT2D eigenvalue weighted by Gasteiger charge is -2.22. The second-order valence-corrected chi connectivity index (χ2v) is 6.21. The largest absolute Gasteiger partial charge is 0.272 e. The minimum absolute atomic E-state index is 0.288. The molecule has 0 aromatic heterocycles. The van der Waals surface area contributed by atoms with Crippen molar-refractivity contribution in [2.75, 3.05) is 11.4 Å². The van der Waals surface area contributed by atoms with E-state index in [0.29, 0.717) is 5.69 Å². The van der Waals surface area contributed by atoms with Gasteiger partial charge in [0, 0.05) is 7.05 Å². The predicted molar refractivity (Wildman–Crippen MR) is 72.8 cm³/mol. The Hall–Kier alpha value is -1.54. The molecule has 0 saturated carbocycles. The first-order chi connectivity index (χ1) is 8.47. The van der Waals surface area contributed by atoms with Crippen LogP contribution in [0.3, 0.4) is 0 Å². The van der Waals surface area contributed by atoms with E-state index in [1.165, 1.54) is 11.4 Å². The van der Waals surface area contributed by atoms with Crippen LogP contribution in [0, 0.1) is 11.3 Å². The third-order valence-electron chi connectivity index (χ3n) is 2.96. The Morgan fingerprint density at radius 1 is 1.28 bits per heavy atom. The molecule has 0 bridgehead atoms. The van der Waals surface area contributed by atoms with E-state index < -0.39 is 15.3 Å². The van der Waals surface area contributed by atoms with E-state index in [0.717, 1.165) is 12.0 Å². The Kier molecular flexibility index (Phi) is 4.74. The molecule has 1 aromatic rings. The molecule has 1 rings (SSSR count). The maximum atomic E-state index is 12.2. The van der Waals surface area contributed by atoms with E-state index in [4.69, 9.17) is 5.26 Å². The summed E-state index contributed by atoms with van der Waals surface area (Å²) < 4.78 is 25.5. The first-order valence-electron chi connectivity index (χ1n) is 5.93. The van der Waals surface area contributed by atoms with Gasteiger partial charge in [-0.2, -0.15) is 5.26 Å². The van der Waals surface area contributed by atoms with Gasteiger partial charge in [-0.1, -0.05) is 26.0 Å². The maximum Gasteiger partial charge on any atom is 0.251 e. The van der Waals surface area contributed by atoms with Gasteiger partial charge in [-0.25, -0.2) is 8.42 Å². The minimum atomic E-state index is -3.60. The van der Waals surface area contributed by atoms with Gasteiger partial charge in [0.2, 0.25) is 0 Å². The molecule has 1 unspecified atom stereocenters. The van der Waals surface area contributed by atoms with Crippen molar-refractivity contribution in [2.24, 2.45) is 0 Å². The van der Waals surface area contributed by atoms with Crippen LogP contribution in [-0.2, 0) is 16.4 Å². The molecule has 0 radical (unpaired) electrons. The third kappa shape index (κ3) is 2.82. The van der Waals surface area contributed by atoms with Gasteiger partial charge < -0.3 is 0 Å². The predicted octanol–water partition coefficient (Wildman–Crippen LogP) is 2.32. The molecule has 0 heterocycles. The Balaban J connectivity index is 3.06. The Morgan fingerprint density at radius 3 is 2.22 bits per heavy atom. The lowest BCUT2D eigenvalue weighted by atomic mass is 10.1. The number of anilines is 1. The monoisotopic (exact) mass is 266 g/mol. The third-order valence-corrected chi connectivity index (χ3v) is 5.10. The van der Waals surface area contributed by atoms with Crippen molar-refractivity contribution in [3.63, 3.8) is 0 Å². The summed E-state index contributed by atoms with van der Waals surface area (Å²) in [7, 11) is -2.12. The van der Waals surface area contributed by atoms with Gasteiger partial charge in [-0.15, -0.1) is 0 Å². The average Bonchev–Trinajstić information content (AvgIpc) is 2.39. The molecular formula is C13H18N2O2S. The van der Waals surface area contributed by atoms with Gasteiger partial charge in [0.1, 0.15) is 0 Å². The Labute approximate surface area is 109 Å². The average molecular weight is 266 g/mol. The van der Waals surface area contributed by atoms with E-state index in [1.54, 1.807) is 19.1 Å². The van der Waals surface area contributed by atoms with Crippen LogP contribution in [0.1, 0.15) is 25.8 Å². The van der Waals surface area contributed by atoms with Gasteiger partial charge >= 0.3 is 0 Å². The maximum absolute atomic E-state index is 12.2. The van der Waals surface area contributed by atoms with Crippen LogP contribution in [0.5, 0.6) is 0 Å². The molecule has 1 atom stereocenters. The van der Waals surface area contributed by atoms with Gasteiger partial charge in [0.15, 0.2) is 5.25 Å². The smallest absolute Gasteiger partial charge is 0.251 e. The van der Waals surface area contributed by atoms with Crippen LogP contribution < -0.4 is 4.31 Å². The fourth-order valence-corrected chi connectivity index (χ4v) is 3.00. The van der Waals surface area contributed by atoms with Crippen LogP contribution in [0.15, 0.2) is 24.3 Å². The van der Waals surface area contributed by atoms with E-state index in [2.05, 4.69) is 0 Å². The van der Waals surface area contributed by atoms with Crippen LogP contribution in [0.4, 0.5) is 5.69 Å². The lowest BCUT2D eigenvalue weighted by molar-refractivity contribution is 0.585. The highest BCUT2D eigenvalue weighted by molar-refractivity contribution is 7.93. The highest BCUT2D eigenvalue weighted by Crippen LogP contribution is 2.20. The molecule has 0 aliphatic carbocycles. The first kappa shape index (κ1) is 14.5. The number of benzene rings is 1. The number of rotatable bonds is 5. The summed E-state index contributed by atoms with van der Waals surface area (Å²) in [5, 5.41) is 7.89. The molecule has 0 N–H and O–H groups in total. The summed E-state index contributed by atoms with van der Waals surface area (Å²) in [5.74, 6) is 0. The SMILES string of the molecule is CCc1ccc(N(C)S(=O)(=O)C(C#N)CC)cc1. The zero-order chi connectivity index (χ0) is 13.8. The zero-order valence-electron chi connectivity index (χ0n) is 10.9. The molecule has 18 heavy (non-hydrogen) atoms. The summed E-state index contributed by atoms with van der Waals surface area (Å²) in [6.45, 7) is 3.73. The van der Waals surface area contributed by atoms with Crippen LogP contribution >= 0.6 is 0 Å². The van der Waals surface area contributed by atoms with Crippen LogP contribution in [-0.4, -0.2) is 20.7 Å². The Bertz CT molecular complexity index is 529. The summed E-state index contributed by atoms with van der Waals surface area (Å²) in [4.78, 5) is 0. The number of aryl methyl sites for hydroxylation is 1. The highest BCUT2D eigenvalue weighted by atomic mass is 32.2. The molecule has 0 saturated heterocycles. The van der Waals surface area contributed by atoms with Crippen molar-refractivity contribution in [1.29, 1.82) is 5.26 Å². The van der Waals surface area contributed by atoms with Gasteiger partial charge in [0.25, 0.3) is 10.0 Å². The molecule has 98 valence electrons. The van der Waals surface area contributed by atoms with Crippen molar-refractivity contribution >= 4 is 15.7 Å².